The molecule has 1 heterocycles. The molecule has 0 amide bonds. The summed E-state index contributed by atoms with van der Waals surface area (Å²) in [5, 5.41) is 5.06. The Balaban J connectivity index is 1.19. The molecule has 3 heteroatoms. The van der Waals surface area contributed by atoms with Gasteiger partial charge in [-0.3, -0.25) is 0 Å². The smallest absolute Gasteiger partial charge is 0.164 e. The lowest BCUT2D eigenvalue weighted by atomic mass is 9.55. The quantitative estimate of drug-likeness (QED) is 0.179. The van der Waals surface area contributed by atoms with Gasteiger partial charge in [0, 0.05) is 16.7 Å². The minimum atomic E-state index is -0.0548. The van der Waals surface area contributed by atoms with Crippen LogP contribution >= 0.6 is 0 Å². The molecule has 0 atom stereocenters. The highest BCUT2D eigenvalue weighted by molar-refractivity contribution is 6.10. The first kappa shape index (κ1) is 30.2. The summed E-state index contributed by atoms with van der Waals surface area (Å²) in [5.41, 5.74) is 10.6. The number of nitrogens with zero attached hydrogens (tertiary/aromatic N) is 3. The van der Waals surface area contributed by atoms with Gasteiger partial charge in [-0.25, -0.2) is 15.0 Å². The van der Waals surface area contributed by atoms with Crippen LogP contribution in [0.5, 0.6) is 0 Å². The zero-order valence-corrected chi connectivity index (χ0v) is 28.8. The molecule has 0 fully saturated rings. The lowest BCUT2D eigenvalue weighted by Gasteiger charge is -2.48. The highest BCUT2D eigenvalue weighted by Gasteiger charge is 2.45. The average molecular weight is 644 g/mol. The molecule has 8 aromatic rings. The van der Waals surface area contributed by atoms with Crippen molar-refractivity contribution in [2.24, 2.45) is 0 Å². The molecule has 1 aliphatic rings. The molecule has 0 bridgehead atoms. The molecular weight excluding hydrogens is 607 g/mol. The van der Waals surface area contributed by atoms with E-state index < -0.39 is 0 Å². The van der Waals surface area contributed by atoms with Crippen LogP contribution in [-0.4, -0.2) is 15.0 Å². The maximum Gasteiger partial charge on any atom is 0.164 e. The van der Waals surface area contributed by atoms with Crippen LogP contribution in [0.2, 0.25) is 0 Å². The van der Waals surface area contributed by atoms with Crippen molar-refractivity contribution in [3.63, 3.8) is 0 Å². The van der Waals surface area contributed by atoms with E-state index in [1.54, 1.807) is 0 Å². The van der Waals surface area contributed by atoms with E-state index in [0.29, 0.717) is 17.5 Å². The first-order chi connectivity index (χ1) is 24.3. The van der Waals surface area contributed by atoms with Crippen LogP contribution in [0.1, 0.15) is 38.8 Å². The lowest BCUT2D eigenvalue weighted by molar-refractivity contribution is 0.299. The van der Waals surface area contributed by atoms with Gasteiger partial charge in [-0.2, -0.15) is 0 Å². The van der Waals surface area contributed by atoms with Gasteiger partial charge >= 0.3 is 0 Å². The van der Waals surface area contributed by atoms with Crippen LogP contribution in [0, 0.1) is 0 Å². The fraction of sp³-hybridized carbons (Fsp3) is 0.128. The van der Waals surface area contributed by atoms with Crippen molar-refractivity contribution >= 4 is 21.5 Å². The molecule has 0 unspecified atom stereocenters. The van der Waals surface area contributed by atoms with Gasteiger partial charge in [0.15, 0.2) is 17.5 Å². The Morgan fingerprint density at radius 3 is 1.54 bits per heavy atom. The molecular formula is C47H37N3. The molecule has 0 radical (unpaired) electrons. The average Bonchev–Trinajstić information content (AvgIpc) is 3.17. The first-order valence-corrected chi connectivity index (χ1v) is 17.4. The molecule has 0 aliphatic heterocycles. The van der Waals surface area contributed by atoms with E-state index >= 15 is 0 Å². The molecule has 0 spiro atoms. The number of benzene rings is 7. The Labute approximate surface area is 293 Å². The van der Waals surface area contributed by atoms with Crippen molar-refractivity contribution in [1.82, 2.24) is 15.0 Å². The van der Waals surface area contributed by atoms with Gasteiger partial charge in [-0.1, -0.05) is 155 Å². The highest BCUT2D eigenvalue weighted by atomic mass is 15.0. The van der Waals surface area contributed by atoms with Crippen molar-refractivity contribution in [3.05, 3.63) is 163 Å². The zero-order valence-electron chi connectivity index (χ0n) is 28.8. The number of hydrogen-bond donors (Lipinski definition) is 0. The zero-order chi connectivity index (χ0) is 34.0. The minimum absolute atomic E-state index is 0.0176. The van der Waals surface area contributed by atoms with Crippen LogP contribution in [0.3, 0.4) is 0 Å². The number of rotatable bonds is 4. The van der Waals surface area contributed by atoms with E-state index in [4.69, 9.17) is 15.0 Å². The summed E-state index contributed by atoms with van der Waals surface area (Å²) >= 11 is 0. The maximum absolute atomic E-state index is 4.99. The van der Waals surface area contributed by atoms with Gasteiger partial charge in [0.2, 0.25) is 0 Å². The predicted molar refractivity (Wildman–Crippen MR) is 208 cm³/mol. The summed E-state index contributed by atoms with van der Waals surface area (Å²) in [4.78, 5) is 14.9. The topological polar surface area (TPSA) is 38.7 Å². The van der Waals surface area contributed by atoms with E-state index in [2.05, 4.69) is 119 Å². The highest BCUT2D eigenvalue weighted by Crippen LogP contribution is 2.54. The van der Waals surface area contributed by atoms with E-state index in [-0.39, 0.29) is 10.8 Å². The Kier molecular flexibility index (Phi) is 6.82. The molecule has 9 rings (SSSR count). The molecule has 0 N–H and O–H groups in total. The monoisotopic (exact) mass is 643 g/mol. The molecule has 240 valence electrons. The van der Waals surface area contributed by atoms with Crippen molar-refractivity contribution in [3.8, 4) is 56.4 Å². The molecule has 1 aliphatic carbocycles. The Hall–Kier alpha value is -5.93. The number of aromatic nitrogens is 3. The fourth-order valence-corrected chi connectivity index (χ4v) is 7.73. The summed E-state index contributed by atoms with van der Waals surface area (Å²) in [5.74, 6) is 1.98. The molecule has 50 heavy (non-hydrogen) atoms. The number of hydrogen-bond acceptors (Lipinski definition) is 3. The summed E-state index contributed by atoms with van der Waals surface area (Å²) in [6, 6.07) is 54.1. The number of fused-ring (bicyclic) bond motifs is 6. The van der Waals surface area contributed by atoms with Crippen LogP contribution in [-0.2, 0) is 10.8 Å². The van der Waals surface area contributed by atoms with Crippen LogP contribution in [0.25, 0.3) is 78.0 Å². The van der Waals surface area contributed by atoms with Gasteiger partial charge in [0.25, 0.3) is 0 Å². The van der Waals surface area contributed by atoms with Gasteiger partial charge in [-0.15, -0.1) is 0 Å². The van der Waals surface area contributed by atoms with Gasteiger partial charge in [0.1, 0.15) is 0 Å². The molecule has 7 aromatic carbocycles. The Morgan fingerprint density at radius 1 is 0.340 bits per heavy atom. The largest absolute Gasteiger partial charge is 0.208 e. The van der Waals surface area contributed by atoms with Crippen molar-refractivity contribution < 1.29 is 0 Å². The van der Waals surface area contributed by atoms with Crippen LogP contribution in [0.4, 0.5) is 0 Å². The van der Waals surface area contributed by atoms with E-state index in [1.165, 1.54) is 43.8 Å². The van der Waals surface area contributed by atoms with Crippen molar-refractivity contribution in [2.75, 3.05) is 0 Å². The van der Waals surface area contributed by atoms with E-state index in [1.807, 2.05) is 60.7 Å². The van der Waals surface area contributed by atoms with E-state index in [9.17, 15) is 0 Å². The third-order valence-electron chi connectivity index (χ3n) is 11.3. The Bertz CT molecular complexity index is 2530. The maximum atomic E-state index is 4.99. The Morgan fingerprint density at radius 2 is 0.840 bits per heavy atom. The molecule has 1 aromatic heterocycles. The third-order valence-corrected chi connectivity index (χ3v) is 11.3. The fourth-order valence-electron chi connectivity index (χ4n) is 7.73. The van der Waals surface area contributed by atoms with Gasteiger partial charge < -0.3 is 0 Å². The van der Waals surface area contributed by atoms with Gasteiger partial charge in [-0.05, 0) is 90.0 Å². The normalized spacial score (nSPS) is 14.3. The van der Waals surface area contributed by atoms with Gasteiger partial charge in [0.05, 0.1) is 0 Å². The first-order valence-electron chi connectivity index (χ1n) is 17.4. The summed E-state index contributed by atoms with van der Waals surface area (Å²) in [6.07, 6.45) is 0. The van der Waals surface area contributed by atoms with Crippen molar-refractivity contribution in [1.29, 1.82) is 0 Å². The second kappa shape index (κ2) is 11.3. The van der Waals surface area contributed by atoms with Crippen molar-refractivity contribution in [2.45, 2.75) is 38.5 Å². The predicted octanol–water partition coefficient (Wildman–Crippen LogP) is 12.1. The van der Waals surface area contributed by atoms with E-state index in [0.717, 1.165) is 27.8 Å². The SMILES string of the molecule is CC1(C)c2ccccc2-c2cc3ccc4ccc(-c5cccc(-c6nc(-c7ccccc7)nc(-c7ccccc7)n6)c5)cc4c3cc2C1(C)C. The third kappa shape index (κ3) is 4.76. The standard InChI is InChI=1S/C47H37N3/c1-46(2)41-21-12-11-20-37(41)40-28-35-25-23-30-22-24-34(27-38(30)39(35)29-42(40)47(46,3)4)33-18-13-19-36(26-33)45-49-43(31-14-7-5-8-15-31)48-44(50-45)32-16-9-6-10-17-32/h5-29H,1-4H3. The summed E-state index contributed by atoms with van der Waals surface area (Å²) in [7, 11) is 0. The minimum Gasteiger partial charge on any atom is -0.208 e. The lowest BCUT2D eigenvalue weighted by Crippen LogP contribution is -2.43. The molecule has 0 saturated heterocycles. The second-order valence-corrected chi connectivity index (χ2v) is 14.5. The summed E-state index contributed by atoms with van der Waals surface area (Å²) < 4.78 is 0. The second-order valence-electron chi connectivity index (χ2n) is 14.5. The van der Waals surface area contributed by atoms with Crippen LogP contribution in [0.15, 0.2) is 152 Å². The summed E-state index contributed by atoms with van der Waals surface area (Å²) in [6.45, 7) is 9.60. The molecule has 3 nitrogen and oxygen atoms in total. The van der Waals surface area contributed by atoms with Crippen LogP contribution < -0.4 is 0 Å². The molecule has 0 saturated carbocycles.